The fourth-order valence-corrected chi connectivity index (χ4v) is 4.10. The summed E-state index contributed by atoms with van der Waals surface area (Å²) in [5.41, 5.74) is 0.731. The predicted octanol–water partition coefficient (Wildman–Crippen LogP) is 3.25. The van der Waals surface area contributed by atoms with Crippen LogP contribution in [0.15, 0.2) is 30.3 Å². The maximum Gasteiger partial charge on any atom is 0.475 e. The zero-order valence-corrected chi connectivity index (χ0v) is 23.9. The van der Waals surface area contributed by atoms with Crippen molar-refractivity contribution in [1.82, 2.24) is 15.1 Å². The van der Waals surface area contributed by atoms with Crippen molar-refractivity contribution < 1.29 is 33.2 Å². The Kier molecular flexibility index (Phi) is 13.8. The van der Waals surface area contributed by atoms with E-state index in [0.717, 1.165) is 5.56 Å². The molecule has 3 N–H and O–H groups in total. The van der Waals surface area contributed by atoms with Gasteiger partial charge in [-0.3, -0.25) is 9.69 Å². The summed E-state index contributed by atoms with van der Waals surface area (Å²) in [5.74, 6) is -4.38. The van der Waals surface area contributed by atoms with Crippen molar-refractivity contribution in [3.63, 3.8) is 0 Å². The van der Waals surface area contributed by atoms with Crippen molar-refractivity contribution in [2.75, 3.05) is 26.2 Å². The Labute approximate surface area is 231 Å². The summed E-state index contributed by atoms with van der Waals surface area (Å²) in [6.07, 6.45) is -0.528. The van der Waals surface area contributed by atoms with Crippen LogP contribution in [-0.4, -0.2) is 88.7 Å². The molecule has 218 valence electrons. The third kappa shape index (κ3) is 11.9. The highest BCUT2D eigenvalue weighted by molar-refractivity contribution is 6.43. The minimum absolute atomic E-state index is 0.0181. The molecule has 0 bridgehead atoms. The molecule has 1 aromatic rings. The zero-order chi connectivity index (χ0) is 29.8. The minimum atomic E-state index is -2.45. The lowest BCUT2D eigenvalue weighted by Crippen LogP contribution is -2.48. The lowest BCUT2D eigenvalue weighted by molar-refractivity contribution is -0.132. The quantitative estimate of drug-likeness (QED) is 0.463. The fraction of sp³-hybridized carbons (Fsp3) is 0.667. The number of amides is 2. The Morgan fingerprint density at radius 3 is 2.31 bits per heavy atom. The summed E-state index contributed by atoms with van der Waals surface area (Å²) in [5, 5.41) is 30.2. The van der Waals surface area contributed by atoms with E-state index in [1.165, 1.54) is 11.8 Å². The number of halogens is 2. The van der Waals surface area contributed by atoms with Crippen LogP contribution in [0.1, 0.15) is 59.9 Å². The van der Waals surface area contributed by atoms with E-state index in [9.17, 15) is 28.4 Å². The van der Waals surface area contributed by atoms with E-state index in [1.807, 2.05) is 75.9 Å². The fourth-order valence-electron chi connectivity index (χ4n) is 4.10. The molecule has 2 amide bonds. The van der Waals surface area contributed by atoms with Gasteiger partial charge in [0.25, 0.3) is 5.92 Å². The summed E-state index contributed by atoms with van der Waals surface area (Å²) in [4.78, 5) is 27.3. The second kappa shape index (κ2) is 15.7. The van der Waals surface area contributed by atoms with E-state index < -0.39 is 37.1 Å². The van der Waals surface area contributed by atoms with Crippen LogP contribution in [0.2, 0.25) is 0 Å². The van der Waals surface area contributed by atoms with Crippen LogP contribution >= 0.6 is 0 Å². The molecule has 2 aliphatic heterocycles. The lowest BCUT2D eigenvalue weighted by Gasteiger charge is -2.31. The van der Waals surface area contributed by atoms with Crippen LogP contribution in [0.3, 0.4) is 0 Å². The second-order valence-corrected chi connectivity index (χ2v) is 10.5. The summed E-state index contributed by atoms with van der Waals surface area (Å²) in [7, 11) is -1.74. The molecule has 0 aromatic heterocycles. The number of rotatable bonds is 6. The zero-order valence-electron chi connectivity index (χ0n) is 23.9. The molecule has 0 spiro atoms. The maximum absolute atomic E-state index is 12.7. The van der Waals surface area contributed by atoms with Crippen molar-refractivity contribution in [1.29, 1.82) is 5.26 Å². The van der Waals surface area contributed by atoms with Gasteiger partial charge in [0.15, 0.2) is 0 Å². The van der Waals surface area contributed by atoms with Gasteiger partial charge in [-0.1, -0.05) is 44.2 Å². The van der Waals surface area contributed by atoms with Crippen LogP contribution in [0, 0.1) is 17.2 Å². The van der Waals surface area contributed by atoms with Crippen LogP contribution in [-0.2, 0) is 16.0 Å². The number of nitriles is 1. The first-order valence-corrected chi connectivity index (χ1v) is 13.4. The van der Waals surface area contributed by atoms with E-state index in [-0.39, 0.29) is 37.4 Å². The van der Waals surface area contributed by atoms with E-state index in [2.05, 4.69) is 5.32 Å². The molecule has 2 aliphatic rings. The third-order valence-electron chi connectivity index (χ3n) is 6.37. The predicted molar refractivity (Wildman–Crippen MR) is 146 cm³/mol. The van der Waals surface area contributed by atoms with Gasteiger partial charge in [-0.2, -0.15) is 5.26 Å². The van der Waals surface area contributed by atoms with Gasteiger partial charge in [-0.15, -0.1) is 0 Å². The largest absolute Gasteiger partial charge is 0.475 e. The number of hydrogen-bond donors (Lipinski definition) is 3. The summed E-state index contributed by atoms with van der Waals surface area (Å²) >= 11 is 0. The van der Waals surface area contributed by atoms with E-state index >= 15 is 0 Å². The van der Waals surface area contributed by atoms with Crippen LogP contribution in [0.4, 0.5) is 13.6 Å². The van der Waals surface area contributed by atoms with E-state index in [0.29, 0.717) is 19.5 Å². The van der Waals surface area contributed by atoms with Gasteiger partial charge in [-0.25, -0.2) is 13.6 Å². The van der Waals surface area contributed by atoms with E-state index in [1.54, 1.807) is 0 Å². The molecule has 3 rings (SSSR count). The Balaban J connectivity index is 0.000000487. The first-order chi connectivity index (χ1) is 18.2. The number of alkyl carbamates (subject to hydrolysis) is 1. The highest BCUT2D eigenvalue weighted by Gasteiger charge is 2.41. The van der Waals surface area contributed by atoms with Gasteiger partial charge in [0.2, 0.25) is 5.91 Å². The average Bonchev–Trinajstić information content (AvgIpc) is 3.50. The van der Waals surface area contributed by atoms with Gasteiger partial charge >= 0.3 is 13.2 Å². The monoisotopic (exact) mass is 552 g/mol. The number of benzene rings is 1. The van der Waals surface area contributed by atoms with Gasteiger partial charge in [0.1, 0.15) is 12.0 Å². The topological polar surface area (TPSA) is 126 Å². The Morgan fingerprint density at radius 2 is 1.85 bits per heavy atom. The number of hydrogen-bond acceptors (Lipinski definition) is 7. The summed E-state index contributed by atoms with van der Waals surface area (Å²) < 4.78 is 30.6. The molecule has 9 nitrogen and oxygen atoms in total. The standard InChI is InChI=1S/C17H22BN3O5.C8H15F2N.C2H6/c1-12(10-19)16(22)21-8-7-14(11-21)26-17(23)20-15(18(24)25)9-13-5-3-2-4-6-13;1-7(2,3)11-5-4-8(9,10)6-11;1-2/h2-6,12,14-15,24-25H,7-9,11H2,1H3,(H,20,23);4-6H2,1-3H3;1-2H3. The molecule has 2 heterocycles. The first-order valence-electron chi connectivity index (χ1n) is 13.4. The van der Waals surface area contributed by atoms with Crippen molar-refractivity contribution in [2.45, 2.75) is 84.3 Å². The molecule has 3 atom stereocenters. The Morgan fingerprint density at radius 1 is 1.23 bits per heavy atom. The Bertz CT molecular complexity index is 940. The third-order valence-corrected chi connectivity index (χ3v) is 6.37. The van der Waals surface area contributed by atoms with Gasteiger partial charge in [-0.05, 0) is 39.7 Å². The molecule has 2 saturated heterocycles. The van der Waals surface area contributed by atoms with Gasteiger partial charge in [0, 0.05) is 31.5 Å². The van der Waals surface area contributed by atoms with E-state index in [4.69, 9.17) is 10.00 Å². The molecule has 0 saturated carbocycles. The number of nitrogens with one attached hydrogen (secondary N) is 1. The van der Waals surface area contributed by atoms with Gasteiger partial charge < -0.3 is 25.0 Å². The highest BCUT2D eigenvalue weighted by Crippen LogP contribution is 2.31. The molecule has 3 unspecified atom stereocenters. The van der Waals surface area contributed by atoms with Gasteiger partial charge in [0.05, 0.1) is 25.1 Å². The highest BCUT2D eigenvalue weighted by atomic mass is 19.3. The Hall–Kier alpha value is -2.75. The second-order valence-electron chi connectivity index (χ2n) is 10.5. The number of ether oxygens (including phenoxy) is 1. The van der Waals surface area contributed by atoms with Crippen LogP contribution in [0.25, 0.3) is 0 Å². The molecule has 39 heavy (non-hydrogen) atoms. The van der Waals surface area contributed by atoms with Crippen molar-refractivity contribution in [3.8, 4) is 6.07 Å². The smallest absolute Gasteiger partial charge is 0.444 e. The molecular weight excluding hydrogens is 509 g/mol. The van der Waals surface area contributed by atoms with Crippen molar-refractivity contribution >= 4 is 19.1 Å². The number of alkyl halides is 2. The summed E-state index contributed by atoms with van der Waals surface area (Å²) in [6.45, 7) is 12.5. The molecule has 0 radical (unpaired) electrons. The lowest BCUT2D eigenvalue weighted by atomic mass is 9.76. The van der Waals surface area contributed by atoms with Crippen molar-refractivity contribution in [2.24, 2.45) is 5.92 Å². The minimum Gasteiger partial charge on any atom is -0.444 e. The molecule has 12 heteroatoms. The average molecular weight is 552 g/mol. The van der Waals surface area contributed by atoms with Crippen LogP contribution < -0.4 is 5.32 Å². The first kappa shape index (κ1) is 34.3. The normalized spacial score (nSPS) is 19.8. The molecule has 1 aromatic carbocycles. The number of likely N-dealkylation sites (tertiary alicyclic amines) is 2. The number of carbonyl (C=O) groups is 2. The molecule has 0 aliphatic carbocycles. The number of carbonyl (C=O) groups excluding carboxylic acids is 2. The number of nitrogens with zero attached hydrogens (tertiary/aromatic N) is 3. The van der Waals surface area contributed by atoms with Crippen LogP contribution in [0.5, 0.6) is 0 Å². The molecular formula is C27H43BF2N4O5. The SMILES string of the molecule is CC.CC(C#N)C(=O)N1CCC(OC(=O)NC(Cc2ccccc2)B(O)O)C1.CC(C)(C)N1CCC(F)(F)C1. The maximum atomic E-state index is 12.7. The molecule has 2 fully saturated rings. The van der Waals surface area contributed by atoms with Crippen molar-refractivity contribution in [3.05, 3.63) is 35.9 Å². The summed E-state index contributed by atoms with van der Waals surface area (Å²) in [6, 6.07) is 11.0.